The summed E-state index contributed by atoms with van der Waals surface area (Å²) in [6.07, 6.45) is 1.88. The maximum atomic E-state index is 4.83. The molecule has 5 aromatic rings. The van der Waals surface area contributed by atoms with E-state index in [1.54, 1.807) is 0 Å². The van der Waals surface area contributed by atoms with Crippen LogP contribution in [0.2, 0.25) is 0 Å². The number of hydrogen-bond acceptors (Lipinski definition) is 2. The molecule has 120 valence electrons. The van der Waals surface area contributed by atoms with E-state index in [0.717, 1.165) is 33.1 Å². The maximum Gasteiger partial charge on any atom is 0.0787 e. The molecule has 5 rings (SSSR count). The first-order chi connectivity index (χ1) is 11.9. The monoisotopic (exact) mass is 408 g/mol. The summed E-state index contributed by atoms with van der Waals surface area (Å²) in [4.78, 5) is 9.51. The molecule has 0 bridgehead atoms. The largest absolute Gasteiger partial charge is 0.256 e. The van der Waals surface area contributed by atoms with Gasteiger partial charge in [-0.05, 0) is 29.7 Å². The van der Waals surface area contributed by atoms with Crippen molar-refractivity contribution in [2.75, 3.05) is 0 Å². The van der Waals surface area contributed by atoms with Crippen LogP contribution in [0, 0.1) is 0 Å². The third-order valence-corrected chi connectivity index (χ3v) is 4.47. The van der Waals surface area contributed by atoms with Crippen LogP contribution in [-0.4, -0.2) is 9.97 Å². The number of fused-ring (bicyclic) bond motifs is 4. The first-order valence-corrected chi connectivity index (χ1v) is 8.03. The molecule has 0 saturated carbocycles. The second-order valence-corrected chi connectivity index (χ2v) is 5.94. The van der Waals surface area contributed by atoms with E-state index in [2.05, 4.69) is 71.7 Å². The van der Waals surface area contributed by atoms with E-state index in [9.17, 15) is 0 Å². The number of rotatable bonds is 1. The summed E-state index contributed by atoms with van der Waals surface area (Å²) in [7, 11) is 0. The molecule has 0 atom stereocenters. The molecule has 25 heavy (non-hydrogen) atoms. The van der Waals surface area contributed by atoms with Crippen LogP contribution in [0.3, 0.4) is 0 Å². The molecule has 0 unspecified atom stereocenters. The minimum Gasteiger partial charge on any atom is -0.256 e. The van der Waals surface area contributed by atoms with Gasteiger partial charge in [-0.1, -0.05) is 54.6 Å². The van der Waals surface area contributed by atoms with Crippen LogP contribution in [0.5, 0.6) is 0 Å². The van der Waals surface area contributed by atoms with E-state index in [-0.39, 0.29) is 19.5 Å². The fourth-order valence-corrected chi connectivity index (χ4v) is 3.34. The first-order valence-electron chi connectivity index (χ1n) is 8.03. The van der Waals surface area contributed by atoms with Crippen molar-refractivity contribution in [3.05, 3.63) is 85.1 Å². The molecule has 0 saturated heterocycles. The Morgan fingerprint density at radius 3 is 2.32 bits per heavy atom. The van der Waals surface area contributed by atoms with Gasteiger partial charge in [0.1, 0.15) is 0 Å². The molecule has 0 radical (unpaired) electrons. The molecule has 0 aliphatic carbocycles. The third-order valence-electron chi connectivity index (χ3n) is 4.47. The van der Waals surface area contributed by atoms with Gasteiger partial charge >= 0.3 is 0 Å². The summed E-state index contributed by atoms with van der Waals surface area (Å²) in [5, 5.41) is 4.66. The van der Waals surface area contributed by atoms with Gasteiger partial charge in [0.2, 0.25) is 0 Å². The molecule has 0 fully saturated rings. The van der Waals surface area contributed by atoms with Gasteiger partial charge in [-0.2, -0.15) is 0 Å². The smallest absolute Gasteiger partial charge is 0.0787 e. The summed E-state index contributed by atoms with van der Waals surface area (Å²) >= 11 is 0. The second-order valence-electron chi connectivity index (χ2n) is 5.94. The van der Waals surface area contributed by atoms with Crippen LogP contribution in [0.25, 0.3) is 43.8 Å². The van der Waals surface area contributed by atoms with Gasteiger partial charge in [0.05, 0.1) is 16.7 Å². The van der Waals surface area contributed by atoms with Gasteiger partial charge in [0.25, 0.3) is 0 Å². The Balaban J connectivity index is 0.00000157. The van der Waals surface area contributed by atoms with E-state index in [0.29, 0.717) is 0 Å². The standard InChI is InChI=1S/C22H14N2.Ru/c1-2-6-16(7-3-1)22-21-15(12-13-23-22)10-11-20-18(21)14-17-8-4-5-9-19(17)24-20;/h1-14H;. The fourth-order valence-electron chi connectivity index (χ4n) is 3.34. The molecular weight excluding hydrogens is 393 g/mol. The predicted molar refractivity (Wildman–Crippen MR) is 100.0 cm³/mol. The van der Waals surface area contributed by atoms with Gasteiger partial charge in [-0.25, -0.2) is 4.98 Å². The summed E-state index contributed by atoms with van der Waals surface area (Å²) in [5.74, 6) is 0. The van der Waals surface area contributed by atoms with E-state index < -0.39 is 0 Å². The van der Waals surface area contributed by atoms with Crippen LogP contribution < -0.4 is 0 Å². The SMILES string of the molecule is [Ru].c1ccc(-c2nccc3ccc4nc5ccccc5cc4c23)cc1. The van der Waals surface area contributed by atoms with Crippen molar-refractivity contribution in [1.29, 1.82) is 0 Å². The Labute approximate surface area is 158 Å². The van der Waals surface area contributed by atoms with Gasteiger partial charge in [-0.15, -0.1) is 0 Å². The Bertz CT molecular complexity index is 1200. The Kier molecular flexibility index (Phi) is 4.03. The number of pyridine rings is 2. The number of benzene rings is 3. The average molecular weight is 407 g/mol. The average Bonchev–Trinajstić information content (AvgIpc) is 2.66. The van der Waals surface area contributed by atoms with Crippen molar-refractivity contribution in [3.8, 4) is 11.3 Å². The maximum absolute atomic E-state index is 4.83. The molecule has 3 heteroatoms. The second kappa shape index (κ2) is 6.35. The fraction of sp³-hybridized carbons (Fsp3) is 0. The summed E-state index contributed by atoms with van der Waals surface area (Å²) in [5.41, 5.74) is 4.17. The molecule has 2 nitrogen and oxygen atoms in total. The Hall–Kier alpha value is -2.64. The minimum absolute atomic E-state index is 0. The van der Waals surface area contributed by atoms with Crippen molar-refractivity contribution < 1.29 is 19.5 Å². The zero-order chi connectivity index (χ0) is 15.9. The van der Waals surface area contributed by atoms with Crippen molar-refractivity contribution in [2.24, 2.45) is 0 Å². The number of para-hydroxylation sites is 1. The molecule has 0 aliphatic rings. The van der Waals surface area contributed by atoms with Crippen LogP contribution in [-0.2, 0) is 19.5 Å². The molecule has 0 aliphatic heterocycles. The molecular formula is C22H14N2Ru. The van der Waals surface area contributed by atoms with Crippen molar-refractivity contribution in [1.82, 2.24) is 9.97 Å². The van der Waals surface area contributed by atoms with Crippen molar-refractivity contribution in [2.45, 2.75) is 0 Å². The van der Waals surface area contributed by atoms with Crippen LogP contribution >= 0.6 is 0 Å². The van der Waals surface area contributed by atoms with Gasteiger partial charge in [0.15, 0.2) is 0 Å². The summed E-state index contributed by atoms with van der Waals surface area (Å²) in [6.45, 7) is 0. The zero-order valence-corrected chi connectivity index (χ0v) is 15.1. The number of aromatic nitrogens is 2. The van der Waals surface area contributed by atoms with Crippen LogP contribution in [0.4, 0.5) is 0 Å². The Morgan fingerprint density at radius 1 is 0.640 bits per heavy atom. The number of hydrogen-bond donors (Lipinski definition) is 0. The third kappa shape index (κ3) is 2.61. The molecule has 2 heterocycles. The van der Waals surface area contributed by atoms with E-state index in [1.807, 2.05) is 18.3 Å². The quantitative estimate of drug-likeness (QED) is 0.205. The molecule has 2 aromatic heterocycles. The summed E-state index contributed by atoms with van der Waals surface area (Å²) < 4.78 is 0. The summed E-state index contributed by atoms with van der Waals surface area (Å²) in [6, 6.07) is 27.1. The van der Waals surface area contributed by atoms with Crippen molar-refractivity contribution in [3.63, 3.8) is 0 Å². The van der Waals surface area contributed by atoms with Gasteiger partial charge < -0.3 is 0 Å². The van der Waals surface area contributed by atoms with Crippen molar-refractivity contribution >= 4 is 32.6 Å². The topological polar surface area (TPSA) is 25.8 Å². The van der Waals surface area contributed by atoms with Gasteiger partial charge in [-0.3, -0.25) is 4.98 Å². The van der Waals surface area contributed by atoms with E-state index in [1.165, 1.54) is 10.8 Å². The minimum atomic E-state index is 0. The molecule has 3 aromatic carbocycles. The normalized spacial score (nSPS) is 10.9. The molecule has 0 N–H and O–H groups in total. The molecule has 0 spiro atoms. The Morgan fingerprint density at radius 2 is 1.44 bits per heavy atom. The predicted octanol–water partition coefficient (Wildman–Crippen LogP) is 5.60. The first kappa shape index (κ1) is 15.9. The van der Waals surface area contributed by atoms with Crippen LogP contribution in [0.15, 0.2) is 85.1 Å². The van der Waals surface area contributed by atoms with Crippen LogP contribution in [0.1, 0.15) is 0 Å². The number of nitrogens with zero attached hydrogens (tertiary/aromatic N) is 2. The van der Waals surface area contributed by atoms with Gasteiger partial charge in [0, 0.05) is 47.4 Å². The van der Waals surface area contributed by atoms with E-state index >= 15 is 0 Å². The molecule has 0 amide bonds. The van der Waals surface area contributed by atoms with E-state index in [4.69, 9.17) is 4.98 Å². The zero-order valence-electron chi connectivity index (χ0n) is 13.3.